The van der Waals surface area contributed by atoms with Gasteiger partial charge in [-0.05, 0) is 50.1 Å². The Morgan fingerprint density at radius 2 is 1.94 bits per heavy atom. The molecule has 1 amide bonds. The molecule has 0 aliphatic heterocycles. The largest absolute Gasteiger partial charge is 0.337 e. The number of rotatable bonds is 6. The summed E-state index contributed by atoms with van der Waals surface area (Å²) >= 11 is 7.31. The minimum Gasteiger partial charge on any atom is -0.337 e. The van der Waals surface area contributed by atoms with Crippen LogP contribution in [0.2, 0.25) is 5.02 Å². The van der Waals surface area contributed by atoms with Gasteiger partial charge in [-0.1, -0.05) is 55.4 Å². The Morgan fingerprint density at radius 3 is 2.58 bits per heavy atom. The Balaban J connectivity index is 2.05. The number of nitriles is 1. The number of aromatic nitrogens is 2. The van der Waals surface area contributed by atoms with Gasteiger partial charge in [0.1, 0.15) is 5.54 Å². The van der Waals surface area contributed by atoms with Crippen molar-refractivity contribution in [3.05, 3.63) is 63.9 Å². The molecular weight excluding hydrogens is 432 g/mol. The van der Waals surface area contributed by atoms with Crippen LogP contribution < -0.4 is 10.9 Å². The second-order valence-electron chi connectivity index (χ2n) is 7.75. The maximum absolute atomic E-state index is 13.3. The number of carbonyl (C=O) groups excluding carboxylic acids is 1. The van der Waals surface area contributed by atoms with E-state index in [4.69, 9.17) is 11.6 Å². The second-order valence-corrected chi connectivity index (χ2v) is 9.49. The third-order valence-electron chi connectivity index (χ3n) is 5.23. The predicted molar refractivity (Wildman–Crippen MR) is 125 cm³/mol. The van der Waals surface area contributed by atoms with Crippen LogP contribution >= 0.6 is 23.4 Å². The molecule has 31 heavy (non-hydrogen) atoms. The molecule has 8 heteroatoms. The van der Waals surface area contributed by atoms with E-state index < -0.39 is 10.8 Å². The van der Waals surface area contributed by atoms with Crippen LogP contribution in [0.25, 0.3) is 16.6 Å². The third-order valence-corrected chi connectivity index (χ3v) is 6.52. The van der Waals surface area contributed by atoms with Gasteiger partial charge in [0.2, 0.25) is 5.91 Å². The Kier molecular flexibility index (Phi) is 6.73. The van der Waals surface area contributed by atoms with E-state index in [2.05, 4.69) is 16.4 Å². The molecule has 160 valence electrons. The molecule has 0 aliphatic rings. The molecule has 0 saturated carbocycles. The lowest BCUT2D eigenvalue weighted by Gasteiger charge is -2.28. The highest BCUT2D eigenvalue weighted by atomic mass is 35.5. The summed E-state index contributed by atoms with van der Waals surface area (Å²) in [5.41, 5.74) is -0.123. The van der Waals surface area contributed by atoms with Crippen molar-refractivity contribution in [1.29, 1.82) is 5.26 Å². The Morgan fingerprint density at radius 1 is 1.23 bits per heavy atom. The Bertz CT molecular complexity index is 1230. The molecule has 0 spiro atoms. The van der Waals surface area contributed by atoms with Crippen molar-refractivity contribution in [3.8, 4) is 11.8 Å². The fourth-order valence-electron chi connectivity index (χ4n) is 2.90. The zero-order valence-corrected chi connectivity index (χ0v) is 19.3. The second kappa shape index (κ2) is 9.13. The highest BCUT2D eigenvalue weighted by Gasteiger charge is 2.32. The van der Waals surface area contributed by atoms with Crippen molar-refractivity contribution in [3.63, 3.8) is 0 Å². The van der Waals surface area contributed by atoms with E-state index in [0.29, 0.717) is 26.8 Å². The summed E-state index contributed by atoms with van der Waals surface area (Å²) in [6, 6.07) is 16.2. The van der Waals surface area contributed by atoms with Gasteiger partial charge in [0.05, 0.1) is 27.9 Å². The number of halogens is 1. The SMILES string of the molecule is CC(Sc1nc2ccccc2c(=O)n1-c1cccc(Cl)c1)C(=O)NC(C)(C#N)C(C)C. The number of hydrogen-bond acceptors (Lipinski definition) is 5. The minimum absolute atomic E-state index is 0.0675. The summed E-state index contributed by atoms with van der Waals surface area (Å²) < 4.78 is 1.47. The van der Waals surface area contributed by atoms with Crippen molar-refractivity contribution in [2.24, 2.45) is 5.92 Å². The maximum atomic E-state index is 13.3. The molecule has 0 fully saturated rings. The zero-order chi connectivity index (χ0) is 22.8. The van der Waals surface area contributed by atoms with Crippen molar-refractivity contribution < 1.29 is 4.79 Å². The van der Waals surface area contributed by atoms with Crippen molar-refractivity contribution in [2.75, 3.05) is 0 Å². The van der Waals surface area contributed by atoms with Crippen LogP contribution in [0.5, 0.6) is 0 Å². The fourth-order valence-corrected chi connectivity index (χ4v) is 4.02. The first-order chi connectivity index (χ1) is 14.7. The molecule has 0 saturated heterocycles. The number of nitrogens with one attached hydrogen (secondary N) is 1. The van der Waals surface area contributed by atoms with E-state index >= 15 is 0 Å². The monoisotopic (exact) mass is 454 g/mol. The molecular formula is C23H23ClN4O2S. The molecule has 0 radical (unpaired) electrons. The highest BCUT2D eigenvalue weighted by Crippen LogP contribution is 2.27. The number of amides is 1. The number of benzene rings is 2. The van der Waals surface area contributed by atoms with Crippen LogP contribution in [-0.2, 0) is 4.79 Å². The van der Waals surface area contributed by atoms with Crippen LogP contribution in [0.4, 0.5) is 0 Å². The number of hydrogen-bond donors (Lipinski definition) is 1. The third kappa shape index (κ3) is 4.76. The molecule has 3 rings (SSSR count). The maximum Gasteiger partial charge on any atom is 0.266 e. The number of fused-ring (bicyclic) bond motifs is 1. The van der Waals surface area contributed by atoms with Gasteiger partial charge in [-0.15, -0.1) is 0 Å². The van der Waals surface area contributed by atoms with E-state index in [0.717, 1.165) is 11.8 Å². The summed E-state index contributed by atoms with van der Waals surface area (Å²) in [5.74, 6) is -0.370. The first-order valence-electron chi connectivity index (χ1n) is 9.84. The molecule has 1 N–H and O–H groups in total. The lowest BCUT2D eigenvalue weighted by Crippen LogP contribution is -2.51. The van der Waals surface area contributed by atoms with Gasteiger partial charge >= 0.3 is 0 Å². The lowest BCUT2D eigenvalue weighted by molar-refractivity contribution is -0.121. The van der Waals surface area contributed by atoms with Crippen molar-refractivity contribution >= 4 is 40.2 Å². The standard InChI is InChI=1S/C23H23ClN4O2S/c1-14(2)23(4,13-25)27-20(29)15(3)31-22-26-19-11-6-5-10-18(19)21(30)28(22)17-9-7-8-16(24)12-17/h5-12,14-15H,1-4H3,(H,27,29). The zero-order valence-electron chi connectivity index (χ0n) is 17.7. The molecule has 2 atom stereocenters. The molecule has 1 aromatic heterocycles. The molecule has 3 aromatic rings. The summed E-state index contributed by atoms with van der Waals surface area (Å²) in [6.07, 6.45) is 0. The quantitative estimate of drug-likeness (QED) is 0.435. The number of para-hydroxylation sites is 1. The minimum atomic E-state index is -0.991. The topological polar surface area (TPSA) is 87.8 Å². The van der Waals surface area contributed by atoms with Crippen LogP contribution in [0.3, 0.4) is 0 Å². The first kappa shape index (κ1) is 22.9. The first-order valence-corrected chi connectivity index (χ1v) is 11.1. The van der Waals surface area contributed by atoms with Gasteiger partial charge in [-0.25, -0.2) is 4.98 Å². The van der Waals surface area contributed by atoms with Crippen LogP contribution in [0, 0.1) is 17.2 Å². The van der Waals surface area contributed by atoms with Gasteiger partial charge in [-0.3, -0.25) is 14.2 Å². The van der Waals surface area contributed by atoms with Crippen LogP contribution in [0.15, 0.2) is 58.5 Å². The van der Waals surface area contributed by atoms with E-state index in [-0.39, 0.29) is 17.4 Å². The van der Waals surface area contributed by atoms with E-state index in [9.17, 15) is 14.9 Å². The number of nitrogens with zero attached hydrogens (tertiary/aromatic N) is 3. The van der Waals surface area contributed by atoms with Crippen molar-refractivity contribution in [2.45, 2.75) is 43.6 Å². The highest BCUT2D eigenvalue weighted by molar-refractivity contribution is 8.00. The van der Waals surface area contributed by atoms with Crippen molar-refractivity contribution in [1.82, 2.24) is 14.9 Å². The number of carbonyl (C=O) groups is 1. The van der Waals surface area contributed by atoms with E-state index in [1.165, 1.54) is 4.57 Å². The average Bonchev–Trinajstić information content (AvgIpc) is 2.73. The summed E-state index contributed by atoms with van der Waals surface area (Å²) in [7, 11) is 0. The molecule has 0 aliphatic carbocycles. The van der Waals surface area contributed by atoms with Gasteiger partial charge < -0.3 is 5.32 Å². The lowest BCUT2D eigenvalue weighted by atomic mass is 9.90. The average molecular weight is 455 g/mol. The van der Waals surface area contributed by atoms with Crippen LogP contribution in [-0.4, -0.2) is 26.2 Å². The van der Waals surface area contributed by atoms with E-state index in [1.807, 2.05) is 19.9 Å². The normalized spacial score (nSPS) is 14.1. The van der Waals surface area contributed by atoms with Gasteiger partial charge in [-0.2, -0.15) is 5.26 Å². The smallest absolute Gasteiger partial charge is 0.266 e. The fraction of sp³-hybridized carbons (Fsp3) is 0.304. The predicted octanol–water partition coefficient (Wildman–Crippen LogP) is 4.57. The molecule has 1 heterocycles. The molecule has 0 bridgehead atoms. The molecule has 2 unspecified atom stereocenters. The Labute approximate surface area is 190 Å². The van der Waals surface area contributed by atoms with Gasteiger partial charge in [0, 0.05) is 5.02 Å². The van der Waals surface area contributed by atoms with Gasteiger partial charge in [0.15, 0.2) is 5.16 Å². The summed E-state index contributed by atoms with van der Waals surface area (Å²) in [5, 5.41) is 13.1. The summed E-state index contributed by atoms with van der Waals surface area (Å²) in [6.45, 7) is 7.18. The van der Waals surface area contributed by atoms with Crippen LogP contribution in [0.1, 0.15) is 27.7 Å². The Hall–Kier alpha value is -2.82. The number of thioether (sulfide) groups is 1. The summed E-state index contributed by atoms with van der Waals surface area (Å²) in [4.78, 5) is 30.8. The molecule has 6 nitrogen and oxygen atoms in total. The van der Waals surface area contributed by atoms with Gasteiger partial charge in [0.25, 0.3) is 5.56 Å². The van der Waals surface area contributed by atoms with E-state index in [1.54, 1.807) is 56.3 Å². The molecule has 2 aromatic carbocycles.